The van der Waals surface area contributed by atoms with E-state index in [0.717, 1.165) is 28.5 Å². The monoisotopic (exact) mass is 611 g/mol. The molecule has 0 spiro atoms. The molecule has 47 heavy (non-hydrogen) atoms. The predicted molar refractivity (Wildman–Crippen MR) is 205 cm³/mol. The molecule has 6 aromatic rings. The van der Waals surface area contributed by atoms with Gasteiger partial charge >= 0.3 is 0 Å². The van der Waals surface area contributed by atoms with Crippen LogP contribution in [0.2, 0.25) is 0 Å². The molecule has 6 rings (SSSR count). The summed E-state index contributed by atoms with van der Waals surface area (Å²) < 4.78 is 2.36. The van der Waals surface area contributed by atoms with Gasteiger partial charge in [-0.3, -0.25) is 0 Å². The number of fused-ring (bicyclic) bond motifs is 3. The van der Waals surface area contributed by atoms with Gasteiger partial charge in [-0.15, -0.1) is 0 Å². The fraction of sp³-hybridized carbons (Fsp3) is 0.0909. The van der Waals surface area contributed by atoms with Crippen molar-refractivity contribution in [1.29, 1.82) is 0 Å². The molecule has 232 valence electrons. The molecule has 0 fully saturated rings. The Hall–Kier alpha value is -5.80. The van der Waals surface area contributed by atoms with Crippen molar-refractivity contribution in [2.75, 3.05) is 23.4 Å². The number of aromatic nitrogens is 1. The lowest BCUT2D eigenvalue weighted by atomic mass is 10.0. The van der Waals surface area contributed by atoms with Crippen LogP contribution in [0.25, 0.3) is 38.6 Å². The molecule has 0 saturated carbocycles. The number of para-hydroxylation sites is 4. The van der Waals surface area contributed by atoms with E-state index in [-0.39, 0.29) is 0 Å². The van der Waals surface area contributed by atoms with Crippen molar-refractivity contribution in [3.8, 4) is 11.1 Å². The van der Waals surface area contributed by atoms with E-state index in [9.17, 15) is 0 Å². The zero-order valence-corrected chi connectivity index (χ0v) is 27.4. The summed E-state index contributed by atoms with van der Waals surface area (Å²) in [5, 5.41) is 2.53. The van der Waals surface area contributed by atoms with Crippen LogP contribution < -0.4 is 9.80 Å². The maximum Gasteiger partial charge on any atom is 0.0540 e. The minimum Gasteiger partial charge on any atom is -0.344 e. The molecule has 3 heteroatoms. The van der Waals surface area contributed by atoms with Gasteiger partial charge in [-0.05, 0) is 74.0 Å². The first-order chi connectivity index (χ1) is 23.1. The number of rotatable bonds is 11. The number of likely N-dealkylation sites (N-methyl/N-ethyl adjacent to an activating group) is 1. The third-order valence-corrected chi connectivity index (χ3v) is 8.65. The second kappa shape index (κ2) is 14.5. The van der Waals surface area contributed by atoms with Gasteiger partial charge in [-0.2, -0.15) is 0 Å². The summed E-state index contributed by atoms with van der Waals surface area (Å²) >= 11 is 0. The van der Waals surface area contributed by atoms with Gasteiger partial charge in [0.2, 0.25) is 0 Å². The van der Waals surface area contributed by atoms with E-state index >= 15 is 0 Å². The molecule has 0 atom stereocenters. The summed E-state index contributed by atoms with van der Waals surface area (Å²) in [4.78, 5) is 4.54. The first-order valence-corrected chi connectivity index (χ1v) is 16.1. The van der Waals surface area contributed by atoms with E-state index in [1.165, 1.54) is 32.9 Å². The molecule has 0 aliphatic heterocycles. The largest absolute Gasteiger partial charge is 0.344 e. The van der Waals surface area contributed by atoms with Crippen molar-refractivity contribution in [2.24, 2.45) is 0 Å². The molecule has 0 N–H and O–H groups in total. The topological polar surface area (TPSA) is 11.4 Å². The molecule has 1 heterocycles. The van der Waals surface area contributed by atoms with Gasteiger partial charge in [0.05, 0.1) is 11.0 Å². The minimum absolute atomic E-state index is 0.713. The summed E-state index contributed by atoms with van der Waals surface area (Å²) in [5.74, 6) is 0. The number of nitrogens with zero attached hydrogens (tertiary/aromatic N) is 3. The summed E-state index contributed by atoms with van der Waals surface area (Å²) in [6.45, 7) is 9.15. The second-order valence-corrected chi connectivity index (χ2v) is 11.5. The Kier molecular flexibility index (Phi) is 9.64. The minimum atomic E-state index is 0.713. The molecule has 0 aliphatic rings. The fourth-order valence-corrected chi connectivity index (χ4v) is 6.22. The zero-order chi connectivity index (χ0) is 32.6. The molecule has 0 saturated heterocycles. The van der Waals surface area contributed by atoms with Gasteiger partial charge in [0.1, 0.15) is 0 Å². The number of hydrogen-bond donors (Lipinski definition) is 0. The summed E-state index contributed by atoms with van der Waals surface area (Å²) in [5.41, 5.74) is 10.3. The Balaban J connectivity index is 1.30. The van der Waals surface area contributed by atoms with Gasteiger partial charge in [-0.25, -0.2) is 0 Å². The molecule has 1 aromatic heterocycles. The zero-order valence-electron chi connectivity index (χ0n) is 27.4. The normalized spacial score (nSPS) is 12.6. The lowest BCUT2D eigenvalue weighted by Crippen LogP contribution is -2.21. The van der Waals surface area contributed by atoms with Crippen LogP contribution in [-0.2, 0) is 0 Å². The Morgan fingerprint density at radius 2 is 1.28 bits per heavy atom. The standard InChI is InChI=1S/C44H41N3/c1-5-36(45(4)42-28-16-13-25-39(42)35-20-9-7-10-21-35)32-31-34(3)46(38-22-11-8-12-23-38)33-19-24-37(6-2)47-43-29-17-14-26-40(43)41-27-15-18-30-44(41)47/h5-32H,1,33H2,2-4H3/b24-19-,34-31+,36-32+,37-6+. The highest BCUT2D eigenvalue weighted by atomic mass is 15.1. The van der Waals surface area contributed by atoms with Gasteiger partial charge in [0.25, 0.3) is 0 Å². The molecule has 3 nitrogen and oxygen atoms in total. The van der Waals surface area contributed by atoms with Crippen LogP contribution in [0, 0.1) is 0 Å². The number of benzene rings is 5. The van der Waals surface area contributed by atoms with E-state index in [0.29, 0.717) is 6.54 Å². The summed E-state index contributed by atoms with van der Waals surface area (Å²) in [6.07, 6.45) is 12.9. The maximum atomic E-state index is 4.16. The third kappa shape index (κ3) is 6.61. The van der Waals surface area contributed by atoms with Crippen molar-refractivity contribution in [3.63, 3.8) is 0 Å². The number of anilines is 2. The van der Waals surface area contributed by atoms with Gasteiger partial charge in [0, 0.05) is 58.4 Å². The van der Waals surface area contributed by atoms with Crippen molar-refractivity contribution in [3.05, 3.63) is 188 Å². The smallest absolute Gasteiger partial charge is 0.0540 e. The van der Waals surface area contributed by atoms with E-state index in [1.54, 1.807) is 0 Å². The van der Waals surface area contributed by atoms with Crippen molar-refractivity contribution >= 4 is 38.9 Å². The highest BCUT2D eigenvalue weighted by molar-refractivity contribution is 6.10. The van der Waals surface area contributed by atoms with Crippen LogP contribution in [0.1, 0.15) is 13.8 Å². The molecular formula is C44H41N3. The van der Waals surface area contributed by atoms with Crippen LogP contribution in [0.15, 0.2) is 188 Å². The SMILES string of the molecule is C=C/C(=C\C=C(/C)N(C/C=C\C(=C/C)n1c2ccccc2c2ccccc21)c1ccccc1)N(C)c1ccccc1-c1ccccc1. The van der Waals surface area contributed by atoms with Crippen molar-refractivity contribution in [2.45, 2.75) is 13.8 Å². The van der Waals surface area contributed by atoms with Crippen LogP contribution in [-0.4, -0.2) is 18.2 Å². The molecule has 0 amide bonds. The third-order valence-electron chi connectivity index (χ3n) is 8.65. The Morgan fingerprint density at radius 3 is 1.91 bits per heavy atom. The van der Waals surface area contributed by atoms with E-state index in [4.69, 9.17) is 0 Å². The summed E-state index contributed by atoms with van der Waals surface area (Å²) in [6, 6.07) is 46.9. The molecule has 0 radical (unpaired) electrons. The average molecular weight is 612 g/mol. The Labute approximate surface area is 279 Å². The van der Waals surface area contributed by atoms with Gasteiger partial charge in [-0.1, -0.05) is 122 Å². The average Bonchev–Trinajstić information content (AvgIpc) is 3.47. The van der Waals surface area contributed by atoms with Crippen molar-refractivity contribution in [1.82, 2.24) is 4.57 Å². The van der Waals surface area contributed by atoms with Gasteiger partial charge in [0.15, 0.2) is 0 Å². The highest BCUT2D eigenvalue weighted by Gasteiger charge is 2.13. The first kappa shape index (κ1) is 31.2. The van der Waals surface area contributed by atoms with Crippen LogP contribution in [0.5, 0.6) is 0 Å². The van der Waals surface area contributed by atoms with Crippen LogP contribution in [0.3, 0.4) is 0 Å². The fourth-order valence-electron chi connectivity index (χ4n) is 6.22. The van der Waals surface area contributed by atoms with Gasteiger partial charge < -0.3 is 14.4 Å². The first-order valence-electron chi connectivity index (χ1n) is 16.1. The van der Waals surface area contributed by atoms with Crippen LogP contribution >= 0.6 is 0 Å². The maximum absolute atomic E-state index is 4.16. The number of allylic oxidation sites excluding steroid dienone is 7. The van der Waals surface area contributed by atoms with Crippen molar-refractivity contribution < 1.29 is 0 Å². The molecule has 0 bridgehead atoms. The molecule has 0 unspecified atom stereocenters. The lowest BCUT2D eigenvalue weighted by Gasteiger charge is -2.25. The van der Waals surface area contributed by atoms with Crippen LogP contribution in [0.4, 0.5) is 11.4 Å². The van der Waals surface area contributed by atoms with E-state index in [2.05, 4.69) is 206 Å². The lowest BCUT2D eigenvalue weighted by molar-refractivity contribution is 1.01. The highest BCUT2D eigenvalue weighted by Crippen LogP contribution is 2.33. The number of hydrogen-bond acceptors (Lipinski definition) is 2. The predicted octanol–water partition coefficient (Wildman–Crippen LogP) is 11.5. The summed E-state index contributed by atoms with van der Waals surface area (Å²) in [7, 11) is 2.10. The van der Waals surface area contributed by atoms with E-state index in [1.807, 2.05) is 6.08 Å². The second-order valence-electron chi connectivity index (χ2n) is 11.5. The molecular weight excluding hydrogens is 571 g/mol. The quantitative estimate of drug-likeness (QED) is 0.135. The Morgan fingerprint density at radius 1 is 0.702 bits per heavy atom. The van der Waals surface area contributed by atoms with E-state index < -0.39 is 0 Å². The molecule has 0 aliphatic carbocycles. The molecule has 5 aromatic carbocycles. The Bertz CT molecular complexity index is 2060.